The Morgan fingerprint density at radius 1 is 1.24 bits per heavy atom. The smallest absolute Gasteiger partial charge is 0.177 e. The van der Waals surface area contributed by atoms with Gasteiger partial charge in [-0.05, 0) is 42.8 Å². The van der Waals surface area contributed by atoms with Gasteiger partial charge < -0.3 is 4.74 Å². The van der Waals surface area contributed by atoms with E-state index in [1.807, 2.05) is 0 Å². The zero-order chi connectivity index (χ0) is 15.4. The first kappa shape index (κ1) is 15.8. The van der Waals surface area contributed by atoms with Crippen LogP contribution in [0.2, 0.25) is 10.0 Å². The molecule has 110 valence electrons. The van der Waals surface area contributed by atoms with Gasteiger partial charge in [-0.25, -0.2) is 4.39 Å². The molecule has 5 heteroatoms. The van der Waals surface area contributed by atoms with Gasteiger partial charge in [-0.2, -0.15) is 0 Å². The summed E-state index contributed by atoms with van der Waals surface area (Å²) in [6.45, 7) is 1.65. The molecule has 0 spiro atoms. The summed E-state index contributed by atoms with van der Waals surface area (Å²) in [5, 5.41) is 0.770. The molecule has 2 aromatic rings. The number of Topliss-reactive ketones (excluding diaryl/α,β-unsaturated/α-hetero) is 1. The normalized spacial score (nSPS) is 12.0. The quantitative estimate of drug-likeness (QED) is 0.795. The van der Waals surface area contributed by atoms with E-state index in [-0.39, 0.29) is 17.2 Å². The average Bonchev–Trinajstić information content (AvgIpc) is 2.41. The molecule has 0 fully saturated rings. The predicted molar refractivity (Wildman–Crippen MR) is 81.7 cm³/mol. The Morgan fingerprint density at radius 2 is 2.00 bits per heavy atom. The van der Waals surface area contributed by atoms with Crippen molar-refractivity contribution in [2.24, 2.45) is 0 Å². The predicted octanol–water partition coefficient (Wildman–Crippen LogP) is 4.71. The van der Waals surface area contributed by atoms with Crippen molar-refractivity contribution in [3.05, 3.63) is 63.9 Å². The van der Waals surface area contributed by atoms with Gasteiger partial charge in [0.05, 0.1) is 0 Å². The zero-order valence-electron chi connectivity index (χ0n) is 11.3. The van der Waals surface area contributed by atoms with Gasteiger partial charge in [-0.15, -0.1) is 0 Å². The Bertz CT molecular complexity index is 658. The highest BCUT2D eigenvalue weighted by Crippen LogP contribution is 2.21. The summed E-state index contributed by atoms with van der Waals surface area (Å²) >= 11 is 11.8. The molecule has 0 saturated carbocycles. The topological polar surface area (TPSA) is 26.3 Å². The second-order valence-corrected chi connectivity index (χ2v) is 5.44. The van der Waals surface area contributed by atoms with E-state index in [4.69, 9.17) is 27.9 Å². The number of carbonyl (C=O) groups excluding carboxylic acids is 1. The van der Waals surface area contributed by atoms with Gasteiger partial charge in [0.15, 0.2) is 11.9 Å². The van der Waals surface area contributed by atoms with Crippen molar-refractivity contribution in [2.45, 2.75) is 19.4 Å². The van der Waals surface area contributed by atoms with Crippen LogP contribution in [0, 0.1) is 5.82 Å². The van der Waals surface area contributed by atoms with Gasteiger partial charge in [0, 0.05) is 16.5 Å². The summed E-state index contributed by atoms with van der Waals surface area (Å²) in [7, 11) is 0. The van der Waals surface area contributed by atoms with Crippen LogP contribution < -0.4 is 4.74 Å². The minimum atomic E-state index is -0.649. The lowest BCUT2D eigenvalue weighted by molar-refractivity contribution is -0.124. The van der Waals surface area contributed by atoms with E-state index >= 15 is 0 Å². The van der Waals surface area contributed by atoms with Crippen LogP contribution in [0.4, 0.5) is 4.39 Å². The van der Waals surface area contributed by atoms with Gasteiger partial charge in [0.25, 0.3) is 0 Å². The van der Waals surface area contributed by atoms with Crippen LogP contribution in [0.25, 0.3) is 0 Å². The Morgan fingerprint density at radius 3 is 2.67 bits per heavy atom. The molecule has 0 amide bonds. The van der Waals surface area contributed by atoms with E-state index < -0.39 is 11.9 Å². The van der Waals surface area contributed by atoms with Crippen LogP contribution in [-0.4, -0.2) is 11.9 Å². The highest BCUT2D eigenvalue weighted by molar-refractivity contribution is 6.31. The lowest BCUT2D eigenvalue weighted by Crippen LogP contribution is -2.25. The first-order chi connectivity index (χ1) is 9.95. The maximum absolute atomic E-state index is 13.0. The van der Waals surface area contributed by atoms with Crippen molar-refractivity contribution in [2.75, 3.05) is 0 Å². The molecule has 0 aliphatic carbocycles. The summed E-state index contributed by atoms with van der Waals surface area (Å²) in [6.07, 6.45) is -0.564. The molecule has 21 heavy (non-hydrogen) atoms. The van der Waals surface area contributed by atoms with Crippen LogP contribution in [0.3, 0.4) is 0 Å². The highest BCUT2D eigenvalue weighted by Gasteiger charge is 2.17. The molecule has 1 atom stereocenters. The van der Waals surface area contributed by atoms with Crippen molar-refractivity contribution in [3.8, 4) is 5.75 Å². The van der Waals surface area contributed by atoms with Gasteiger partial charge >= 0.3 is 0 Å². The molecule has 0 aliphatic heterocycles. The fourth-order valence-electron chi connectivity index (χ4n) is 1.81. The van der Waals surface area contributed by atoms with Crippen molar-refractivity contribution in [1.29, 1.82) is 0 Å². The molecule has 0 radical (unpaired) electrons. The zero-order valence-corrected chi connectivity index (χ0v) is 12.8. The standard InChI is InChI=1S/C16H13Cl2FO2/c1-10(21-14-4-2-3-12(17)8-14)16(20)7-11-5-6-13(19)9-15(11)18/h2-6,8-10H,7H2,1H3. The number of ether oxygens (including phenoxy) is 1. The van der Waals surface area contributed by atoms with Crippen LogP contribution in [0.1, 0.15) is 12.5 Å². The molecule has 1 unspecified atom stereocenters. The number of rotatable bonds is 5. The van der Waals surface area contributed by atoms with E-state index in [9.17, 15) is 9.18 Å². The molecular formula is C16H13Cl2FO2. The molecule has 0 saturated heterocycles. The molecule has 0 aromatic heterocycles. The molecule has 2 nitrogen and oxygen atoms in total. The third-order valence-electron chi connectivity index (χ3n) is 2.94. The summed E-state index contributed by atoms with van der Waals surface area (Å²) < 4.78 is 18.5. The SMILES string of the molecule is CC(Oc1cccc(Cl)c1)C(=O)Cc1ccc(F)cc1Cl. The maximum Gasteiger partial charge on any atom is 0.177 e. The largest absolute Gasteiger partial charge is 0.483 e. The van der Waals surface area contributed by atoms with Gasteiger partial charge in [0.2, 0.25) is 0 Å². The maximum atomic E-state index is 13.0. The lowest BCUT2D eigenvalue weighted by Gasteiger charge is -2.14. The third kappa shape index (κ3) is 4.45. The molecule has 0 N–H and O–H groups in total. The molecule has 0 bridgehead atoms. The Hall–Kier alpha value is -1.58. The summed E-state index contributed by atoms with van der Waals surface area (Å²) in [6, 6.07) is 10.8. The number of ketones is 1. The number of hydrogen-bond donors (Lipinski definition) is 0. The molecule has 0 aliphatic rings. The number of hydrogen-bond acceptors (Lipinski definition) is 2. The number of carbonyl (C=O) groups is 1. The van der Waals surface area contributed by atoms with E-state index in [0.29, 0.717) is 16.3 Å². The van der Waals surface area contributed by atoms with Crippen molar-refractivity contribution < 1.29 is 13.9 Å². The van der Waals surface area contributed by atoms with Crippen LogP contribution >= 0.6 is 23.2 Å². The number of halogens is 3. The number of benzene rings is 2. The summed E-state index contributed by atoms with van der Waals surface area (Å²) in [5.74, 6) is -0.0588. The molecular weight excluding hydrogens is 314 g/mol. The van der Waals surface area contributed by atoms with E-state index in [1.54, 1.807) is 31.2 Å². The van der Waals surface area contributed by atoms with E-state index in [0.717, 1.165) is 0 Å². The van der Waals surface area contributed by atoms with Crippen molar-refractivity contribution in [3.63, 3.8) is 0 Å². The van der Waals surface area contributed by atoms with Crippen LogP contribution in [0.15, 0.2) is 42.5 Å². The fourth-order valence-corrected chi connectivity index (χ4v) is 2.22. The van der Waals surface area contributed by atoms with Gasteiger partial charge in [0.1, 0.15) is 11.6 Å². The van der Waals surface area contributed by atoms with Crippen molar-refractivity contribution >= 4 is 29.0 Å². The second kappa shape index (κ2) is 6.92. The highest BCUT2D eigenvalue weighted by atomic mass is 35.5. The van der Waals surface area contributed by atoms with Gasteiger partial charge in [-0.3, -0.25) is 4.79 Å². The minimum Gasteiger partial charge on any atom is -0.483 e. The fraction of sp³-hybridized carbons (Fsp3) is 0.188. The lowest BCUT2D eigenvalue weighted by atomic mass is 10.1. The monoisotopic (exact) mass is 326 g/mol. The molecule has 0 heterocycles. The Balaban J connectivity index is 2.02. The minimum absolute atomic E-state index is 0.0842. The molecule has 2 aromatic carbocycles. The Kier molecular flexibility index (Phi) is 5.21. The van der Waals surface area contributed by atoms with E-state index in [2.05, 4.69) is 0 Å². The third-order valence-corrected chi connectivity index (χ3v) is 3.53. The summed E-state index contributed by atoms with van der Waals surface area (Å²) in [5.41, 5.74) is 0.574. The van der Waals surface area contributed by atoms with E-state index in [1.165, 1.54) is 18.2 Å². The van der Waals surface area contributed by atoms with Gasteiger partial charge in [-0.1, -0.05) is 35.3 Å². The van der Waals surface area contributed by atoms with Crippen molar-refractivity contribution in [1.82, 2.24) is 0 Å². The first-order valence-electron chi connectivity index (χ1n) is 6.34. The molecule has 2 rings (SSSR count). The van der Waals surface area contributed by atoms with Crippen LogP contribution in [-0.2, 0) is 11.2 Å². The van der Waals surface area contributed by atoms with Crippen LogP contribution in [0.5, 0.6) is 5.75 Å². The first-order valence-corrected chi connectivity index (χ1v) is 7.10. The second-order valence-electron chi connectivity index (χ2n) is 4.60. The average molecular weight is 327 g/mol. The Labute approximate surface area is 132 Å². The summed E-state index contributed by atoms with van der Waals surface area (Å²) in [4.78, 5) is 12.1.